The number of carbonyl (C=O) groups is 1. The van der Waals surface area contributed by atoms with E-state index in [4.69, 9.17) is 23.2 Å². The molecular formula is C16H20Cl2N2O3S. The van der Waals surface area contributed by atoms with Gasteiger partial charge in [-0.1, -0.05) is 6.92 Å². The van der Waals surface area contributed by atoms with E-state index >= 15 is 0 Å². The third kappa shape index (κ3) is 3.72. The molecule has 0 spiro atoms. The van der Waals surface area contributed by atoms with Crippen molar-refractivity contribution in [2.45, 2.75) is 35.4 Å². The van der Waals surface area contributed by atoms with Gasteiger partial charge in [-0.05, 0) is 49.4 Å². The van der Waals surface area contributed by atoms with E-state index in [1.165, 1.54) is 16.4 Å². The fraction of sp³-hybridized carbons (Fsp3) is 0.562. The molecule has 1 amide bonds. The van der Waals surface area contributed by atoms with Gasteiger partial charge in [0.1, 0.15) is 4.33 Å². The van der Waals surface area contributed by atoms with Crippen LogP contribution in [-0.2, 0) is 14.8 Å². The molecule has 1 N–H and O–H groups in total. The average molecular weight is 391 g/mol. The lowest BCUT2D eigenvalue weighted by atomic mass is 10.0. The van der Waals surface area contributed by atoms with E-state index in [-0.39, 0.29) is 10.8 Å². The molecule has 0 bridgehead atoms. The molecule has 5 nitrogen and oxygen atoms in total. The summed E-state index contributed by atoms with van der Waals surface area (Å²) in [5.74, 6) is -0.295. The Balaban J connectivity index is 1.68. The molecule has 1 saturated carbocycles. The van der Waals surface area contributed by atoms with Crippen molar-refractivity contribution in [3.05, 3.63) is 24.3 Å². The lowest BCUT2D eigenvalue weighted by Gasteiger charge is -2.30. The minimum atomic E-state index is -3.48. The molecule has 3 rings (SSSR count). The van der Waals surface area contributed by atoms with Gasteiger partial charge in [-0.3, -0.25) is 4.79 Å². The zero-order valence-corrected chi connectivity index (χ0v) is 15.7. The van der Waals surface area contributed by atoms with Crippen LogP contribution in [0.25, 0.3) is 0 Å². The number of amides is 1. The monoisotopic (exact) mass is 390 g/mol. The van der Waals surface area contributed by atoms with E-state index in [1.54, 1.807) is 12.1 Å². The molecule has 132 valence electrons. The summed E-state index contributed by atoms with van der Waals surface area (Å²) in [6.45, 7) is 3.17. The largest absolute Gasteiger partial charge is 0.326 e. The SMILES string of the molecule is C[C@H]1CCCN(S(=O)(=O)c2ccc(NC(=O)[C@H]3CC3(Cl)Cl)cc2)C1. The van der Waals surface area contributed by atoms with Gasteiger partial charge in [-0.15, -0.1) is 23.2 Å². The van der Waals surface area contributed by atoms with Crippen molar-refractivity contribution in [1.29, 1.82) is 0 Å². The van der Waals surface area contributed by atoms with Gasteiger partial charge in [-0.25, -0.2) is 8.42 Å². The summed E-state index contributed by atoms with van der Waals surface area (Å²) in [6, 6.07) is 6.22. The number of benzene rings is 1. The molecule has 1 saturated heterocycles. The molecular weight excluding hydrogens is 371 g/mol. The summed E-state index contributed by atoms with van der Waals surface area (Å²) in [5, 5.41) is 2.71. The molecule has 2 atom stereocenters. The van der Waals surface area contributed by atoms with Gasteiger partial charge in [0.2, 0.25) is 15.9 Å². The quantitative estimate of drug-likeness (QED) is 0.802. The molecule has 1 aliphatic heterocycles. The number of hydrogen-bond donors (Lipinski definition) is 1. The highest BCUT2D eigenvalue weighted by Gasteiger charge is 2.56. The number of hydrogen-bond acceptors (Lipinski definition) is 3. The second-order valence-corrected chi connectivity index (χ2v) is 10.1. The number of nitrogens with one attached hydrogen (secondary N) is 1. The smallest absolute Gasteiger partial charge is 0.243 e. The van der Waals surface area contributed by atoms with E-state index in [0.29, 0.717) is 31.1 Å². The summed E-state index contributed by atoms with van der Waals surface area (Å²) < 4.78 is 25.9. The minimum Gasteiger partial charge on any atom is -0.326 e. The van der Waals surface area contributed by atoms with Gasteiger partial charge in [0.05, 0.1) is 10.8 Å². The van der Waals surface area contributed by atoms with Gasteiger partial charge in [0.15, 0.2) is 0 Å². The number of rotatable bonds is 4. The third-order valence-corrected chi connectivity index (χ3v) is 7.24. The van der Waals surface area contributed by atoms with Gasteiger partial charge >= 0.3 is 0 Å². The van der Waals surface area contributed by atoms with Crippen molar-refractivity contribution in [2.75, 3.05) is 18.4 Å². The van der Waals surface area contributed by atoms with E-state index in [2.05, 4.69) is 12.2 Å². The highest BCUT2D eigenvalue weighted by molar-refractivity contribution is 7.89. The van der Waals surface area contributed by atoms with Gasteiger partial charge < -0.3 is 5.32 Å². The summed E-state index contributed by atoms with van der Waals surface area (Å²) in [5.41, 5.74) is 0.530. The van der Waals surface area contributed by atoms with Crippen LogP contribution >= 0.6 is 23.2 Å². The Labute approximate surface area is 152 Å². The van der Waals surface area contributed by atoms with Crippen molar-refractivity contribution in [1.82, 2.24) is 4.31 Å². The first-order valence-corrected chi connectivity index (χ1v) is 10.2. The Morgan fingerprint density at radius 3 is 2.46 bits per heavy atom. The predicted octanol–water partition coefficient (Wildman–Crippen LogP) is 3.24. The Kier molecular flexibility index (Phi) is 4.86. The molecule has 2 aliphatic rings. The Morgan fingerprint density at radius 2 is 1.92 bits per heavy atom. The zero-order valence-electron chi connectivity index (χ0n) is 13.3. The third-order valence-electron chi connectivity index (χ3n) is 4.52. The second-order valence-electron chi connectivity index (χ2n) is 6.64. The van der Waals surface area contributed by atoms with Crippen molar-refractivity contribution >= 4 is 44.8 Å². The van der Waals surface area contributed by atoms with Crippen LogP contribution in [0.2, 0.25) is 0 Å². The molecule has 24 heavy (non-hydrogen) atoms. The van der Waals surface area contributed by atoms with Crippen LogP contribution in [0.5, 0.6) is 0 Å². The van der Waals surface area contributed by atoms with Crippen molar-refractivity contribution in [2.24, 2.45) is 11.8 Å². The number of alkyl halides is 2. The minimum absolute atomic E-state index is 0.241. The number of halogens is 2. The highest BCUT2D eigenvalue weighted by atomic mass is 35.5. The van der Waals surface area contributed by atoms with Crippen LogP contribution in [0.3, 0.4) is 0 Å². The normalized spacial score (nSPS) is 26.8. The topological polar surface area (TPSA) is 66.5 Å². The van der Waals surface area contributed by atoms with Gasteiger partial charge in [0.25, 0.3) is 0 Å². The van der Waals surface area contributed by atoms with Crippen molar-refractivity contribution in [3.8, 4) is 0 Å². The first kappa shape index (κ1) is 18.0. The van der Waals surface area contributed by atoms with Crippen LogP contribution < -0.4 is 5.32 Å². The molecule has 0 radical (unpaired) electrons. The standard InChI is InChI=1S/C16H20Cl2N2O3S/c1-11-3-2-8-20(10-11)24(22,23)13-6-4-12(5-7-13)19-15(21)14-9-16(14,17)18/h4-7,11,14H,2-3,8-10H2,1H3,(H,19,21)/t11-,14+/m0/s1. The van der Waals surface area contributed by atoms with E-state index in [9.17, 15) is 13.2 Å². The Morgan fingerprint density at radius 1 is 1.29 bits per heavy atom. The van der Waals surface area contributed by atoms with Crippen LogP contribution in [-0.4, -0.2) is 36.1 Å². The van der Waals surface area contributed by atoms with E-state index in [1.807, 2.05) is 0 Å². The van der Waals surface area contributed by atoms with Crippen LogP contribution in [0.4, 0.5) is 5.69 Å². The molecule has 1 aromatic rings. The zero-order chi connectivity index (χ0) is 17.5. The first-order chi connectivity index (χ1) is 11.2. The molecule has 0 unspecified atom stereocenters. The summed E-state index contributed by atoms with van der Waals surface area (Å²) >= 11 is 11.7. The average Bonchev–Trinajstić information content (AvgIpc) is 3.17. The first-order valence-electron chi connectivity index (χ1n) is 7.99. The number of piperidine rings is 1. The van der Waals surface area contributed by atoms with Crippen molar-refractivity contribution < 1.29 is 13.2 Å². The lowest BCUT2D eigenvalue weighted by molar-refractivity contribution is -0.117. The van der Waals surface area contributed by atoms with Crippen LogP contribution in [0.1, 0.15) is 26.2 Å². The lowest BCUT2D eigenvalue weighted by Crippen LogP contribution is -2.39. The molecule has 2 fully saturated rings. The molecule has 1 heterocycles. The maximum Gasteiger partial charge on any atom is 0.243 e. The van der Waals surface area contributed by atoms with Crippen LogP contribution in [0, 0.1) is 11.8 Å². The highest BCUT2D eigenvalue weighted by Crippen LogP contribution is 2.53. The second kappa shape index (κ2) is 6.48. The van der Waals surface area contributed by atoms with Crippen LogP contribution in [0.15, 0.2) is 29.2 Å². The van der Waals surface area contributed by atoms with E-state index < -0.39 is 20.3 Å². The number of carbonyl (C=O) groups excluding carboxylic acids is 1. The maximum atomic E-state index is 12.7. The molecule has 8 heteroatoms. The van der Waals surface area contributed by atoms with Gasteiger partial charge in [-0.2, -0.15) is 4.31 Å². The van der Waals surface area contributed by atoms with Crippen molar-refractivity contribution in [3.63, 3.8) is 0 Å². The predicted molar refractivity (Wildman–Crippen MR) is 94.8 cm³/mol. The Bertz CT molecular complexity index is 734. The summed E-state index contributed by atoms with van der Waals surface area (Å²) in [6.07, 6.45) is 2.37. The van der Waals surface area contributed by atoms with E-state index in [0.717, 1.165) is 12.8 Å². The fourth-order valence-electron chi connectivity index (χ4n) is 2.95. The molecule has 0 aromatic heterocycles. The molecule has 1 aromatic carbocycles. The summed E-state index contributed by atoms with van der Waals surface area (Å²) in [4.78, 5) is 12.2. The number of nitrogens with zero attached hydrogens (tertiary/aromatic N) is 1. The maximum absolute atomic E-state index is 12.7. The number of anilines is 1. The molecule has 1 aliphatic carbocycles. The fourth-order valence-corrected chi connectivity index (χ4v) is 5.06. The summed E-state index contributed by atoms with van der Waals surface area (Å²) in [7, 11) is -3.48. The Hall–Kier alpha value is -0.820. The number of sulfonamides is 1. The van der Waals surface area contributed by atoms with Gasteiger partial charge in [0, 0.05) is 18.8 Å².